The average Bonchev–Trinajstić information content (AvgIpc) is 3.21. The van der Waals surface area contributed by atoms with Crippen molar-refractivity contribution in [3.8, 4) is 0 Å². The van der Waals surface area contributed by atoms with Gasteiger partial charge in [-0.25, -0.2) is 0 Å². The monoisotopic (exact) mass is 342 g/mol. The second-order valence-corrected chi connectivity index (χ2v) is 7.05. The van der Waals surface area contributed by atoms with Crippen LogP contribution in [0, 0.1) is 5.92 Å². The highest BCUT2D eigenvalue weighted by Gasteiger charge is 2.27. The fourth-order valence-corrected chi connectivity index (χ4v) is 3.65. The number of hydrogen-bond acceptors (Lipinski definition) is 3. The standard InChI is InChI=1S/C20H26N2O3/c1-21(14-16-4-2-5-18(16)23)19(24)12-9-15-7-10-17(11-8-15)22-13-3-6-20(22)25/h7-12,16,18,23H,2-6,13-14H2,1H3/b12-9+. The van der Waals surface area contributed by atoms with Crippen molar-refractivity contribution in [1.29, 1.82) is 0 Å². The predicted octanol–water partition coefficient (Wildman–Crippen LogP) is 2.45. The van der Waals surface area contributed by atoms with Crippen LogP contribution in [0.5, 0.6) is 0 Å². The summed E-state index contributed by atoms with van der Waals surface area (Å²) in [5.41, 5.74) is 1.84. The summed E-state index contributed by atoms with van der Waals surface area (Å²) in [6.07, 6.45) is 7.48. The second-order valence-electron chi connectivity index (χ2n) is 7.05. The molecule has 1 N–H and O–H groups in total. The molecule has 2 aliphatic rings. The zero-order valence-electron chi connectivity index (χ0n) is 14.7. The number of anilines is 1. The Morgan fingerprint density at radius 1 is 1.28 bits per heavy atom. The lowest BCUT2D eigenvalue weighted by atomic mass is 10.1. The van der Waals surface area contributed by atoms with Crippen molar-refractivity contribution in [1.82, 2.24) is 4.90 Å². The summed E-state index contributed by atoms with van der Waals surface area (Å²) in [6, 6.07) is 7.69. The van der Waals surface area contributed by atoms with Crippen LogP contribution in [0.25, 0.3) is 6.08 Å². The first-order valence-electron chi connectivity index (χ1n) is 9.06. The van der Waals surface area contributed by atoms with Gasteiger partial charge < -0.3 is 14.9 Å². The van der Waals surface area contributed by atoms with Crippen LogP contribution >= 0.6 is 0 Å². The Morgan fingerprint density at radius 2 is 2.04 bits per heavy atom. The van der Waals surface area contributed by atoms with Gasteiger partial charge in [0.25, 0.3) is 0 Å². The number of nitrogens with zero attached hydrogens (tertiary/aromatic N) is 2. The van der Waals surface area contributed by atoms with Crippen LogP contribution in [0.1, 0.15) is 37.7 Å². The quantitative estimate of drug-likeness (QED) is 0.836. The fraction of sp³-hybridized carbons (Fsp3) is 0.500. The lowest BCUT2D eigenvalue weighted by Gasteiger charge is -2.22. The van der Waals surface area contributed by atoms with Gasteiger partial charge in [-0.15, -0.1) is 0 Å². The molecule has 2 amide bonds. The zero-order chi connectivity index (χ0) is 17.8. The van der Waals surface area contributed by atoms with E-state index < -0.39 is 0 Å². The third-order valence-corrected chi connectivity index (χ3v) is 5.20. The summed E-state index contributed by atoms with van der Waals surface area (Å²) in [6.45, 7) is 1.38. The number of likely N-dealkylation sites (N-methyl/N-ethyl adjacent to an activating group) is 1. The van der Waals surface area contributed by atoms with Gasteiger partial charge in [0.1, 0.15) is 0 Å². The number of carbonyl (C=O) groups excluding carboxylic acids is 2. The second kappa shape index (κ2) is 7.83. The normalized spacial score (nSPS) is 23.6. The highest BCUT2D eigenvalue weighted by molar-refractivity contribution is 5.95. The van der Waals surface area contributed by atoms with Gasteiger partial charge in [-0.05, 0) is 43.0 Å². The molecular weight excluding hydrogens is 316 g/mol. The van der Waals surface area contributed by atoms with Crippen molar-refractivity contribution < 1.29 is 14.7 Å². The van der Waals surface area contributed by atoms with Gasteiger partial charge in [-0.1, -0.05) is 18.6 Å². The van der Waals surface area contributed by atoms with Crippen LogP contribution < -0.4 is 4.90 Å². The maximum Gasteiger partial charge on any atom is 0.246 e. The number of hydrogen-bond donors (Lipinski definition) is 1. The van der Waals surface area contributed by atoms with Crippen molar-refractivity contribution in [2.24, 2.45) is 5.92 Å². The van der Waals surface area contributed by atoms with Gasteiger partial charge in [-0.2, -0.15) is 0 Å². The lowest BCUT2D eigenvalue weighted by Crippen LogP contribution is -2.33. The van der Waals surface area contributed by atoms with Gasteiger partial charge >= 0.3 is 0 Å². The number of carbonyl (C=O) groups is 2. The molecule has 0 radical (unpaired) electrons. The molecule has 3 rings (SSSR count). The largest absolute Gasteiger partial charge is 0.393 e. The molecule has 1 saturated carbocycles. The molecule has 5 nitrogen and oxygen atoms in total. The minimum atomic E-state index is -0.278. The van der Waals surface area contributed by atoms with Crippen LogP contribution in [0.2, 0.25) is 0 Å². The topological polar surface area (TPSA) is 60.9 Å². The maximum atomic E-state index is 12.2. The number of aliphatic hydroxyl groups is 1. The molecular formula is C20H26N2O3. The first-order chi connectivity index (χ1) is 12.0. The summed E-state index contributed by atoms with van der Waals surface area (Å²) in [5, 5.41) is 9.88. The molecule has 2 atom stereocenters. The molecule has 1 aromatic carbocycles. The molecule has 2 fully saturated rings. The van der Waals surface area contributed by atoms with Crippen molar-refractivity contribution in [3.63, 3.8) is 0 Å². The summed E-state index contributed by atoms with van der Waals surface area (Å²) in [5.74, 6) is 0.312. The highest BCUT2D eigenvalue weighted by Crippen LogP contribution is 2.26. The van der Waals surface area contributed by atoms with Gasteiger partial charge in [-0.3, -0.25) is 9.59 Å². The Kier molecular flexibility index (Phi) is 5.53. The van der Waals surface area contributed by atoms with Gasteiger partial charge in [0.15, 0.2) is 0 Å². The maximum absolute atomic E-state index is 12.2. The molecule has 1 aliphatic carbocycles. The number of rotatable bonds is 5. The van der Waals surface area contributed by atoms with Gasteiger partial charge in [0.2, 0.25) is 11.8 Å². The molecule has 25 heavy (non-hydrogen) atoms. The molecule has 1 saturated heterocycles. The van der Waals surface area contributed by atoms with E-state index in [-0.39, 0.29) is 23.8 Å². The molecule has 0 spiro atoms. The van der Waals surface area contributed by atoms with Crippen LogP contribution in [-0.4, -0.2) is 48.1 Å². The summed E-state index contributed by atoms with van der Waals surface area (Å²) in [7, 11) is 1.78. The molecule has 1 aromatic rings. The van der Waals surface area contributed by atoms with Crippen LogP contribution in [-0.2, 0) is 9.59 Å². The van der Waals surface area contributed by atoms with Crippen LogP contribution in [0.3, 0.4) is 0 Å². The van der Waals surface area contributed by atoms with E-state index >= 15 is 0 Å². The average molecular weight is 342 g/mol. The van der Waals surface area contributed by atoms with E-state index in [1.165, 1.54) is 0 Å². The van der Waals surface area contributed by atoms with E-state index in [1.807, 2.05) is 24.3 Å². The number of aliphatic hydroxyl groups excluding tert-OH is 1. The van der Waals surface area contributed by atoms with Crippen LogP contribution in [0.4, 0.5) is 5.69 Å². The summed E-state index contributed by atoms with van der Waals surface area (Å²) < 4.78 is 0. The zero-order valence-corrected chi connectivity index (χ0v) is 14.7. The Labute approximate surface area is 148 Å². The van der Waals surface area contributed by atoms with E-state index in [1.54, 1.807) is 29.0 Å². The van der Waals surface area contributed by atoms with Crippen molar-refractivity contribution in [3.05, 3.63) is 35.9 Å². The van der Waals surface area contributed by atoms with Gasteiger partial charge in [0.05, 0.1) is 6.10 Å². The van der Waals surface area contributed by atoms with E-state index in [0.717, 1.165) is 43.5 Å². The molecule has 134 valence electrons. The summed E-state index contributed by atoms with van der Waals surface area (Å²) in [4.78, 5) is 27.5. The first-order valence-corrected chi connectivity index (χ1v) is 9.06. The minimum Gasteiger partial charge on any atom is -0.393 e. The molecule has 1 aliphatic heterocycles. The predicted molar refractivity (Wildman–Crippen MR) is 98.0 cm³/mol. The van der Waals surface area contributed by atoms with Crippen LogP contribution in [0.15, 0.2) is 30.3 Å². The SMILES string of the molecule is CN(CC1CCCC1O)C(=O)/C=C/c1ccc(N2CCCC2=O)cc1. The first kappa shape index (κ1) is 17.7. The van der Waals surface area contributed by atoms with E-state index in [9.17, 15) is 14.7 Å². The Balaban J connectivity index is 1.55. The molecule has 2 unspecified atom stereocenters. The smallest absolute Gasteiger partial charge is 0.246 e. The van der Waals surface area contributed by atoms with Crippen molar-refractivity contribution in [2.75, 3.05) is 25.0 Å². The highest BCUT2D eigenvalue weighted by atomic mass is 16.3. The Bertz CT molecular complexity index is 653. The van der Waals surface area contributed by atoms with Gasteiger partial charge in [0, 0.05) is 44.2 Å². The Morgan fingerprint density at radius 3 is 2.64 bits per heavy atom. The third-order valence-electron chi connectivity index (χ3n) is 5.20. The van der Waals surface area contributed by atoms with E-state index in [4.69, 9.17) is 0 Å². The molecule has 0 aromatic heterocycles. The van der Waals surface area contributed by atoms with Crippen molar-refractivity contribution >= 4 is 23.6 Å². The van der Waals surface area contributed by atoms with E-state index in [0.29, 0.717) is 13.0 Å². The number of benzene rings is 1. The number of amides is 2. The van der Waals surface area contributed by atoms with E-state index in [2.05, 4.69) is 0 Å². The molecule has 0 bridgehead atoms. The van der Waals surface area contributed by atoms with Crippen molar-refractivity contribution in [2.45, 2.75) is 38.2 Å². The summed E-state index contributed by atoms with van der Waals surface area (Å²) >= 11 is 0. The fourth-order valence-electron chi connectivity index (χ4n) is 3.65. The molecule has 5 heteroatoms. The minimum absolute atomic E-state index is 0.0575. The third kappa shape index (κ3) is 4.28. The Hall–Kier alpha value is -2.14. The molecule has 1 heterocycles. The lowest BCUT2D eigenvalue weighted by molar-refractivity contribution is -0.125.